The number of nitrogens with zero attached hydrogens (tertiary/aromatic N) is 1. The molecule has 2 amide bonds. The summed E-state index contributed by atoms with van der Waals surface area (Å²) in [6.45, 7) is 0.824. The number of carboxylic acids is 1. The number of rotatable bonds is 4. The predicted octanol–water partition coefficient (Wildman–Crippen LogP) is 4.43. The molecule has 1 heterocycles. The molecule has 4 rings (SSSR count). The normalized spacial score (nSPS) is 20.9. The molecule has 1 aliphatic carbocycles. The van der Waals surface area contributed by atoms with Gasteiger partial charge in [0, 0.05) is 29.4 Å². The SMILES string of the molecule is O=C(O)c1ccc(C(=O)Nc2ccc(C(=O)N3CCC[C@H]4CCCC[C@@H]43)cc2)cc1. The average Bonchev–Trinajstić information content (AvgIpc) is 2.78. The van der Waals surface area contributed by atoms with Crippen LogP contribution in [0.15, 0.2) is 48.5 Å². The van der Waals surface area contributed by atoms with E-state index in [9.17, 15) is 14.4 Å². The van der Waals surface area contributed by atoms with Crippen molar-refractivity contribution in [2.75, 3.05) is 11.9 Å². The fourth-order valence-corrected chi connectivity index (χ4v) is 4.71. The molecule has 2 atom stereocenters. The first-order valence-corrected chi connectivity index (χ1v) is 10.6. The van der Waals surface area contributed by atoms with Gasteiger partial charge in [-0.3, -0.25) is 9.59 Å². The molecule has 156 valence electrons. The summed E-state index contributed by atoms with van der Waals surface area (Å²) < 4.78 is 0. The lowest BCUT2D eigenvalue weighted by molar-refractivity contribution is 0.0390. The summed E-state index contributed by atoms with van der Waals surface area (Å²) >= 11 is 0. The summed E-state index contributed by atoms with van der Waals surface area (Å²) in [6, 6.07) is 13.1. The van der Waals surface area contributed by atoms with Crippen molar-refractivity contribution in [2.45, 2.75) is 44.6 Å². The molecule has 1 aliphatic heterocycles. The van der Waals surface area contributed by atoms with Crippen molar-refractivity contribution in [1.29, 1.82) is 0 Å². The van der Waals surface area contributed by atoms with Crippen LogP contribution in [0.3, 0.4) is 0 Å². The van der Waals surface area contributed by atoms with Crippen molar-refractivity contribution in [3.05, 3.63) is 65.2 Å². The largest absolute Gasteiger partial charge is 0.478 e. The van der Waals surface area contributed by atoms with Crippen LogP contribution >= 0.6 is 0 Å². The van der Waals surface area contributed by atoms with E-state index in [0.717, 1.165) is 19.4 Å². The molecular weight excluding hydrogens is 380 g/mol. The third-order valence-electron chi connectivity index (χ3n) is 6.29. The molecule has 6 heteroatoms. The van der Waals surface area contributed by atoms with Gasteiger partial charge in [-0.2, -0.15) is 0 Å². The fourth-order valence-electron chi connectivity index (χ4n) is 4.71. The van der Waals surface area contributed by atoms with Gasteiger partial charge < -0.3 is 15.3 Å². The van der Waals surface area contributed by atoms with Crippen molar-refractivity contribution in [2.24, 2.45) is 5.92 Å². The first kappa shape index (κ1) is 20.1. The summed E-state index contributed by atoms with van der Waals surface area (Å²) in [5.41, 5.74) is 1.74. The van der Waals surface area contributed by atoms with Gasteiger partial charge in [0.1, 0.15) is 0 Å². The predicted molar refractivity (Wildman–Crippen MR) is 114 cm³/mol. The highest BCUT2D eigenvalue weighted by Gasteiger charge is 2.35. The number of aromatic carboxylic acids is 1. The maximum atomic E-state index is 13.1. The van der Waals surface area contributed by atoms with Crippen molar-refractivity contribution in [3.63, 3.8) is 0 Å². The Morgan fingerprint density at radius 2 is 1.40 bits per heavy atom. The number of benzene rings is 2. The van der Waals surface area contributed by atoms with Crippen LogP contribution in [0.25, 0.3) is 0 Å². The van der Waals surface area contributed by atoms with Crippen LogP contribution in [-0.2, 0) is 0 Å². The minimum atomic E-state index is -1.03. The van der Waals surface area contributed by atoms with Gasteiger partial charge in [0.25, 0.3) is 11.8 Å². The van der Waals surface area contributed by atoms with E-state index in [1.807, 2.05) is 0 Å². The number of carboxylic acid groups (broad SMARTS) is 1. The maximum Gasteiger partial charge on any atom is 0.335 e. The molecule has 0 radical (unpaired) electrons. The zero-order valence-electron chi connectivity index (χ0n) is 16.8. The lowest BCUT2D eigenvalue weighted by atomic mass is 9.78. The topological polar surface area (TPSA) is 86.7 Å². The second-order valence-corrected chi connectivity index (χ2v) is 8.17. The highest BCUT2D eigenvalue weighted by molar-refractivity contribution is 6.05. The van der Waals surface area contributed by atoms with E-state index in [0.29, 0.717) is 28.8 Å². The van der Waals surface area contributed by atoms with Crippen LogP contribution in [0.5, 0.6) is 0 Å². The molecule has 2 aromatic carbocycles. The molecule has 2 aliphatic rings. The lowest BCUT2D eigenvalue weighted by Crippen LogP contribution is -2.49. The smallest absolute Gasteiger partial charge is 0.335 e. The van der Waals surface area contributed by atoms with E-state index in [4.69, 9.17) is 5.11 Å². The minimum Gasteiger partial charge on any atom is -0.478 e. The fraction of sp³-hybridized carbons (Fsp3) is 0.375. The third-order valence-corrected chi connectivity index (χ3v) is 6.29. The first-order valence-electron chi connectivity index (χ1n) is 10.6. The number of carbonyl (C=O) groups is 3. The Kier molecular flexibility index (Phi) is 5.84. The van der Waals surface area contributed by atoms with Crippen LogP contribution in [0.2, 0.25) is 0 Å². The van der Waals surface area contributed by atoms with Gasteiger partial charge in [-0.25, -0.2) is 4.79 Å². The van der Waals surface area contributed by atoms with E-state index in [-0.39, 0.29) is 17.4 Å². The van der Waals surface area contributed by atoms with Crippen LogP contribution in [0.1, 0.15) is 69.6 Å². The summed E-state index contributed by atoms with van der Waals surface area (Å²) in [4.78, 5) is 38.5. The van der Waals surface area contributed by atoms with Gasteiger partial charge in [0.05, 0.1) is 5.56 Å². The van der Waals surface area contributed by atoms with Crippen molar-refractivity contribution in [3.8, 4) is 0 Å². The molecule has 2 aromatic rings. The van der Waals surface area contributed by atoms with Crippen molar-refractivity contribution >= 4 is 23.5 Å². The lowest BCUT2D eigenvalue weighted by Gasteiger charge is -2.44. The van der Waals surface area contributed by atoms with Crippen molar-refractivity contribution < 1.29 is 19.5 Å². The van der Waals surface area contributed by atoms with Crippen LogP contribution < -0.4 is 5.32 Å². The van der Waals surface area contributed by atoms with E-state index < -0.39 is 5.97 Å². The zero-order chi connectivity index (χ0) is 21.1. The summed E-state index contributed by atoms with van der Waals surface area (Å²) in [6.07, 6.45) is 7.10. The number of anilines is 1. The Bertz CT molecular complexity index is 935. The summed E-state index contributed by atoms with van der Waals surface area (Å²) in [5, 5.41) is 11.7. The third kappa shape index (κ3) is 4.22. The molecule has 30 heavy (non-hydrogen) atoms. The van der Waals surface area contributed by atoms with Crippen LogP contribution in [0.4, 0.5) is 5.69 Å². The minimum absolute atomic E-state index is 0.0775. The number of hydrogen-bond donors (Lipinski definition) is 2. The maximum absolute atomic E-state index is 13.1. The number of amides is 2. The molecule has 0 unspecified atom stereocenters. The Hall–Kier alpha value is -3.15. The van der Waals surface area contributed by atoms with Crippen LogP contribution in [-0.4, -0.2) is 40.4 Å². The van der Waals surface area contributed by atoms with E-state index >= 15 is 0 Å². The Morgan fingerprint density at radius 3 is 2.10 bits per heavy atom. The number of likely N-dealkylation sites (tertiary alicyclic amines) is 1. The number of carbonyl (C=O) groups excluding carboxylic acids is 2. The summed E-state index contributed by atoms with van der Waals surface area (Å²) in [5.74, 6) is -0.640. The molecular formula is C24H26N2O4. The Balaban J connectivity index is 1.41. The van der Waals surface area contributed by atoms with Gasteiger partial charge in [0.15, 0.2) is 0 Å². The van der Waals surface area contributed by atoms with Gasteiger partial charge >= 0.3 is 5.97 Å². The second-order valence-electron chi connectivity index (χ2n) is 8.17. The number of hydrogen-bond acceptors (Lipinski definition) is 3. The molecule has 0 aromatic heterocycles. The Morgan fingerprint density at radius 1 is 0.800 bits per heavy atom. The monoisotopic (exact) mass is 406 g/mol. The van der Waals surface area contributed by atoms with E-state index in [1.54, 1.807) is 24.3 Å². The first-order chi connectivity index (χ1) is 14.5. The Labute approximate surface area is 175 Å². The number of nitrogens with one attached hydrogen (secondary N) is 1. The molecule has 1 saturated carbocycles. The van der Waals surface area contributed by atoms with Crippen molar-refractivity contribution in [1.82, 2.24) is 4.90 Å². The number of piperidine rings is 1. The molecule has 0 spiro atoms. The van der Waals surface area contributed by atoms with E-state index in [1.165, 1.54) is 49.9 Å². The molecule has 1 saturated heterocycles. The highest BCUT2D eigenvalue weighted by Crippen LogP contribution is 2.36. The van der Waals surface area contributed by atoms with Gasteiger partial charge in [-0.1, -0.05) is 12.8 Å². The number of fused-ring (bicyclic) bond motifs is 1. The second kappa shape index (κ2) is 8.69. The van der Waals surface area contributed by atoms with Gasteiger partial charge in [-0.15, -0.1) is 0 Å². The molecule has 2 fully saturated rings. The quantitative estimate of drug-likeness (QED) is 0.786. The highest BCUT2D eigenvalue weighted by atomic mass is 16.4. The van der Waals surface area contributed by atoms with Gasteiger partial charge in [-0.05, 0) is 80.1 Å². The average molecular weight is 406 g/mol. The van der Waals surface area contributed by atoms with Gasteiger partial charge in [0.2, 0.25) is 0 Å². The van der Waals surface area contributed by atoms with E-state index in [2.05, 4.69) is 10.2 Å². The zero-order valence-corrected chi connectivity index (χ0v) is 16.8. The molecule has 0 bridgehead atoms. The summed E-state index contributed by atoms with van der Waals surface area (Å²) in [7, 11) is 0. The molecule has 2 N–H and O–H groups in total. The van der Waals surface area contributed by atoms with Crippen LogP contribution in [0, 0.1) is 5.92 Å². The standard InChI is InChI=1S/C24H26N2O4/c27-22(17-7-9-19(10-8-17)24(29)30)25-20-13-11-18(12-14-20)23(28)26-15-3-5-16-4-1-2-6-21(16)26/h7-14,16,21H,1-6,15H2,(H,25,27)(H,29,30)/t16-,21+/m1/s1. The molecule has 6 nitrogen and oxygen atoms in total.